The van der Waals surface area contributed by atoms with Gasteiger partial charge in [0.1, 0.15) is 6.04 Å². The maximum atomic E-state index is 14.8. The second-order valence-electron chi connectivity index (χ2n) is 10.2. The Bertz CT molecular complexity index is 1580. The number of piperazine rings is 1. The van der Waals surface area contributed by atoms with E-state index in [0.717, 1.165) is 6.07 Å². The Labute approximate surface area is 278 Å². The molecule has 2 aromatic rings. The lowest BCUT2D eigenvalue weighted by molar-refractivity contribution is -0.138. The van der Waals surface area contributed by atoms with Gasteiger partial charge < -0.3 is 21.1 Å². The lowest BCUT2D eigenvalue weighted by Crippen LogP contribution is -2.47. The van der Waals surface area contributed by atoms with Crippen LogP contribution in [0.5, 0.6) is 0 Å². The first kappa shape index (κ1) is 42.8. The normalized spacial score (nSPS) is 14.6. The van der Waals surface area contributed by atoms with Gasteiger partial charge in [-0.15, -0.1) is 0 Å². The lowest BCUT2D eigenvalue weighted by Gasteiger charge is -2.37. The summed E-state index contributed by atoms with van der Waals surface area (Å²) in [5.74, 6) is -4.52. The summed E-state index contributed by atoms with van der Waals surface area (Å²) < 4.78 is 119. The fraction of sp³-hybridized carbons (Fsp3) is 0.462. The average Bonchev–Trinajstić information content (AvgIpc) is 2.93. The van der Waals surface area contributed by atoms with Crippen LogP contribution in [0.15, 0.2) is 30.3 Å². The second-order valence-corrected chi connectivity index (χ2v) is 13.6. The Kier molecular flexibility index (Phi) is 16.6. The lowest BCUT2D eigenvalue weighted by atomic mass is 10.1. The van der Waals surface area contributed by atoms with E-state index in [9.17, 15) is 48.4 Å². The molecule has 48 heavy (non-hydrogen) atoms. The topological polar surface area (TPSA) is 220 Å². The van der Waals surface area contributed by atoms with Gasteiger partial charge in [0.05, 0.1) is 42.5 Å². The van der Waals surface area contributed by atoms with E-state index < -0.39 is 74.5 Å². The van der Waals surface area contributed by atoms with Crippen molar-refractivity contribution in [2.24, 2.45) is 5.73 Å². The molecule has 0 saturated carbocycles. The number of carbonyl (C=O) groups is 2. The standard InChI is InChI=1S/C24H27ClF5N5O3.2CH4O3S/c25-15-2-4-17(19(11-15)35-9-7-34(8-10-35)6-5-24(28,29)30)33-23(38)16-3-1-14(20(26)21(16)27)12-32-18(13-36)22(31)37;2*1-5(2,3)4/h1-4,11,18,32,36H,5-10,12-13H2,(H2,31,37)(H,33,38);2*1H3,(H,2,3,4)/t18-;;/m0../s1. The SMILES string of the molecule is CS(=O)(=O)O.CS(=O)(=O)O.NC(=O)[C@H](CO)NCc1ccc(C(=O)Nc2ccc(Cl)cc2N2CCN(CCC(F)(F)F)CC2)c(F)c1F. The van der Waals surface area contributed by atoms with E-state index in [-0.39, 0.29) is 24.3 Å². The van der Waals surface area contributed by atoms with Gasteiger partial charge in [-0.1, -0.05) is 17.7 Å². The molecular formula is C26H35ClF5N5O9S2. The molecule has 0 aliphatic carbocycles. The van der Waals surface area contributed by atoms with E-state index >= 15 is 0 Å². The Morgan fingerprint density at radius 1 is 0.979 bits per heavy atom. The van der Waals surface area contributed by atoms with Crippen LogP contribution in [-0.4, -0.2) is 112 Å². The molecule has 0 bridgehead atoms. The highest BCUT2D eigenvalue weighted by molar-refractivity contribution is 7.85. The van der Waals surface area contributed by atoms with Crippen LogP contribution in [-0.2, 0) is 31.6 Å². The number of nitrogens with one attached hydrogen (secondary N) is 2. The van der Waals surface area contributed by atoms with Gasteiger partial charge in [0, 0.05) is 49.9 Å². The third kappa shape index (κ3) is 17.3. The van der Waals surface area contributed by atoms with E-state index in [1.807, 2.05) is 4.90 Å². The predicted molar refractivity (Wildman–Crippen MR) is 167 cm³/mol. The largest absolute Gasteiger partial charge is 0.394 e. The van der Waals surface area contributed by atoms with Crippen molar-refractivity contribution < 1.29 is 62.6 Å². The zero-order valence-electron chi connectivity index (χ0n) is 25.5. The molecule has 1 atom stereocenters. The molecule has 1 aliphatic rings. The summed E-state index contributed by atoms with van der Waals surface area (Å²) in [6, 6.07) is 5.66. The summed E-state index contributed by atoms with van der Waals surface area (Å²) >= 11 is 6.13. The first-order valence-corrected chi connectivity index (χ1v) is 17.6. The molecule has 0 radical (unpaired) electrons. The maximum absolute atomic E-state index is 14.8. The van der Waals surface area contributed by atoms with E-state index in [1.165, 1.54) is 18.2 Å². The van der Waals surface area contributed by atoms with Crippen LogP contribution < -0.4 is 21.3 Å². The minimum atomic E-state index is -4.24. The van der Waals surface area contributed by atoms with Crippen molar-refractivity contribution in [1.82, 2.24) is 10.2 Å². The highest BCUT2D eigenvalue weighted by Gasteiger charge is 2.29. The monoisotopic (exact) mass is 755 g/mol. The van der Waals surface area contributed by atoms with Crippen LogP contribution in [0.1, 0.15) is 22.3 Å². The highest BCUT2D eigenvalue weighted by Crippen LogP contribution is 2.31. The fourth-order valence-electron chi connectivity index (χ4n) is 3.95. The molecule has 272 valence electrons. The smallest absolute Gasteiger partial charge is 0.390 e. The average molecular weight is 756 g/mol. The molecule has 0 aromatic heterocycles. The molecular weight excluding hydrogens is 721 g/mol. The van der Waals surface area contributed by atoms with Crippen molar-refractivity contribution in [3.05, 3.63) is 58.1 Å². The van der Waals surface area contributed by atoms with Crippen molar-refractivity contribution in [2.75, 3.05) is 62.1 Å². The number of nitrogens with two attached hydrogens (primary N) is 1. The van der Waals surface area contributed by atoms with Crippen LogP contribution in [0, 0.1) is 11.6 Å². The Balaban J connectivity index is 0.00000100. The van der Waals surface area contributed by atoms with Crippen LogP contribution in [0.3, 0.4) is 0 Å². The highest BCUT2D eigenvalue weighted by atomic mass is 35.5. The number of carbonyl (C=O) groups excluding carboxylic acids is 2. The summed E-state index contributed by atoms with van der Waals surface area (Å²) in [6.07, 6.45) is -3.72. The van der Waals surface area contributed by atoms with Gasteiger partial charge in [0.2, 0.25) is 5.91 Å². The van der Waals surface area contributed by atoms with Crippen LogP contribution >= 0.6 is 11.6 Å². The quantitative estimate of drug-likeness (QED) is 0.151. The number of hydrogen-bond acceptors (Lipinski definition) is 10. The molecule has 7 N–H and O–H groups in total. The molecule has 2 aromatic carbocycles. The number of rotatable bonds is 10. The molecule has 3 rings (SSSR count). The predicted octanol–water partition coefficient (Wildman–Crippen LogP) is 1.89. The molecule has 1 aliphatic heterocycles. The number of halogens is 6. The van der Waals surface area contributed by atoms with E-state index in [0.29, 0.717) is 49.4 Å². The second kappa shape index (κ2) is 18.5. The van der Waals surface area contributed by atoms with Crippen molar-refractivity contribution in [3.63, 3.8) is 0 Å². The maximum Gasteiger partial charge on any atom is 0.390 e. The minimum Gasteiger partial charge on any atom is -0.394 e. The van der Waals surface area contributed by atoms with Crippen molar-refractivity contribution in [1.29, 1.82) is 0 Å². The molecule has 22 heteroatoms. The van der Waals surface area contributed by atoms with Gasteiger partial charge in [-0.25, -0.2) is 8.78 Å². The number of amides is 2. The first-order valence-electron chi connectivity index (χ1n) is 13.5. The Hall–Kier alpha value is -3.18. The van der Waals surface area contributed by atoms with Crippen LogP contribution in [0.2, 0.25) is 5.02 Å². The summed E-state index contributed by atoms with van der Waals surface area (Å²) in [5.41, 5.74) is 5.09. The number of anilines is 2. The Morgan fingerprint density at radius 2 is 1.52 bits per heavy atom. The minimum absolute atomic E-state index is 0.115. The molecule has 0 spiro atoms. The number of alkyl halides is 3. The fourth-order valence-corrected chi connectivity index (χ4v) is 4.11. The molecule has 0 unspecified atom stereocenters. The van der Waals surface area contributed by atoms with Gasteiger partial charge in [-0.3, -0.25) is 28.9 Å². The van der Waals surface area contributed by atoms with Crippen molar-refractivity contribution >= 4 is 55.0 Å². The third-order valence-electron chi connectivity index (χ3n) is 6.10. The number of aliphatic hydroxyl groups excluding tert-OH is 1. The first-order chi connectivity index (χ1) is 21.9. The van der Waals surface area contributed by atoms with Gasteiger partial charge in [0.25, 0.3) is 26.1 Å². The summed E-state index contributed by atoms with van der Waals surface area (Å²) in [7, 11) is -7.33. The number of aliphatic hydroxyl groups is 1. The van der Waals surface area contributed by atoms with E-state index in [1.54, 1.807) is 11.0 Å². The number of nitrogens with zero attached hydrogens (tertiary/aromatic N) is 2. The number of benzene rings is 2. The zero-order valence-corrected chi connectivity index (χ0v) is 27.9. The zero-order chi connectivity index (χ0) is 37.0. The van der Waals surface area contributed by atoms with Crippen LogP contribution in [0.25, 0.3) is 0 Å². The van der Waals surface area contributed by atoms with Gasteiger partial charge >= 0.3 is 6.18 Å². The molecule has 1 heterocycles. The van der Waals surface area contributed by atoms with E-state index in [4.69, 9.17) is 31.5 Å². The molecule has 1 fully saturated rings. The Morgan fingerprint density at radius 3 is 2.00 bits per heavy atom. The van der Waals surface area contributed by atoms with Crippen LogP contribution in [0.4, 0.5) is 33.3 Å². The summed E-state index contributed by atoms with van der Waals surface area (Å²) in [5, 5.41) is 14.5. The number of hydrogen-bond donors (Lipinski definition) is 6. The summed E-state index contributed by atoms with van der Waals surface area (Å²) in [4.78, 5) is 27.6. The van der Waals surface area contributed by atoms with E-state index in [2.05, 4.69) is 10.6 Å². The third-order valence-corrected chi connectivity index (χ3v) is 6.34. The molecule has 1 saturated heterocycles. The van der Waals surface area contributed by atoms with Crippen molar-refractivity contribution in [3.8, 4) is 0 Å². The van der Waals surface area contributed by atoms with Gasteiger partial charge in [-0.2, -0.15) is 30.0 Å². The van der Waals surface area contributed by atoms with Gasteiger partial charge in [-0.05, 0) is 24.3 Å². The number of primary amides is 1. The molecule has 2 amide bonds. The van der Waals surface area contributed by atoms with Crippen molar-refractivity contribution in [2.45, 2.75) is 25.2 Å². The summed E-state index contributed by atoms with van der Waals surface area (Å²) in [6.45, 7) is 0.380. The molecule has 14 nitrogen and oxygen atoms in total. The van der Waals surface area contributed by atoms with Gasteiger partial charge in [0.15, 0.2) is 11.6 Å².